The van der Waals surface area contributed by atoms with E-state index in [0.29, 0.717) is 17.5 Å². The number of benzene rings is 8. The molecule has 2 aromatic heterocycles. The lowest BCUT2D eigenvalue weighted by Crippen LogP contribution is -2.26. The van der Waals surface area contributed by atoms with Crippen molar-refractivity contribution in [1.82, 2.24) is 19.5 Å². The van der Waals surface area contributed by atoms with Gasteiger partial charge in [0.2, 0.25) is 0 Å². The highest BCUT2D eigenvalue weighted by molar-refractivity contribution is 6.17. The molecule has 0 unspecified atom stereocenters. The van der Waals surface area contributed by atoms with Gasteiger partial charge in [-0.05, 0) is 92.0 Å². The quantitative estimate of drug-likeness (QED) is 0.169. The highest BCUT2D eigenvalue weighted by Crippen LogP contribution is 2.62. The molecule has 0 saturated carbocycles. The molecule has 8 aromatic carbocycles. The van der Waals surface area contributed by atoms with Gasteiger partial charge in [0.25, 0.3) is 0 Å². The summed E-state index contributed by atoms with van der Waals surface area (Å²) >= 11 is 0. The standard InChI is InChI=1S/C54H34N4/c1-3-13-35(14-4-1)51-55-52(57-53(56-51)37-28-30-42-41-20-8-10-24-47(41)58(48(42)32-37)38-17-5-2-6-18-38)36-27-29-40-39-19-7-9-21-43(39)54(46(40)31-36)44-22-11-15-33-25-26-34-16-12-23-45(54)50(34)49(33)44/h1,3-5,7-32H,2,6H2. The van der Waals surface area contributed by atoms with Gasteiger partial charge in [-0.1, -0.05) is 158 Å². The van der Waals surface area contributed by atoms with Crippen molar-refractivity contribution in [3.05, 3.63) is 204 Å². The Morgan fingerprint density at radius 2 is 1.05 bits per heavy atom. The Morgan fingerprint density at radius 3 is 1.81 bits per heavy atom. The van der Waals surface area contributed by atoms with Crippen molar-refractivity contribution < 1.29 is 0 Å². The predicted molar refractivity (Wildman–Crippen MR) is 238 cm³/mol. The Balaban J connectivity index is 1.05. The first-order chi connectivity index (χ1) is 28.8. The van der Waals surface area contributed by atoms with Crippen molar-refractivity contribution in [1.29, 1.82) is 0 Å². The van der Waals surface area contributed by atoms with Crippen molar-refractivity contribution in [2.24, 2.45) is 0 Å². The molecule has 4 nitrogen and oxygen atoms in total. The fourth-order valence-electron chi connectivity index (χ4n) is 10.4. The zero-order chi connectivity index (χ0) is 38.0. The molecule has 0 fully saturated rings. The molecule has 0 N–H and O–H groups in total. The van der Waals surface area contributed by atoms with Crippen molar-refractivity contribution in [3.63, 3.8) is 0 Å². The van der Waals surface area contributed by atoms with Crippen LogP contribution >= 0.6 is 0 Å². The number of nitrogens with zero attached hydrogens (tertiary/aromatic N) is 4. The molecule has 2 heterocycles. The first kappa shape index (κ1) is 31.7. The lowest BCUT2D eigenvalue weighted by Gasteiger charge is -2.31. The van der Waals surface area contributed by atoms with Crippen LogP contribution in [0.15, 0.2) is 182 Å². The Hall–Kier alpha value is -7.43. The summed E-state index contributed by atoms with van der Waals surface area (Å²) in [6.45, 7) is 0. The van der Waals surface area contributed by atoms with Gasteiger partial charge in [-0.25, -0.2) is 15.0 Å². The van der Waals surface area contributed by atoms with Gasteiger partial charge in [0.15, 0.2) is 17.5 Å². The van der Waals surface area contributed by atoms with Gasteiger partial charge in [-0.3, -0.25) is 0 Å². The van der Waals surface area contributed by atoms with Gasteiger partial charge in [0, 0.05) is 33.2 Å². The first-order valence-electron chi connectivity index (χ1n) is 20.2. The summed E-state index contributed by atoms with van der Waals surface area (Å²) < 4.78 is 2.39. The summed E-state index contributed by atoms with van der Waals surface area (Å²) in [6.07, 6.45) is 8.96. The number of para-hydroxylation sites is 1. The Kier molecular flexibility index (Phi) is 6.45. The van der Waals surface area contributed by atoms with Gasteiger partial charge in [0.1, 0.15) is 0 Å². The summed E-state index contributed by atoms with van der Waals surface area (Å²) in [5.41, 5.74) is 13.7. The lowest BCUT2D eigenvalue weighted by molar-refractivity contribution is 0.797. The number of rotatable bonds is 4. The van der Waals surface area contributed by atoms with Crippen molar-refractivity contribution in [3.8, 4) is 45.3 Å². The highest BCUT2D eigenvalue weighted by Gasteiger charge is 2.50. The molecule has 270 valence electrons. The van der Waals surface area contributed by atoms with E-state index >= 15 is 0 Å². The minimum Gasteiger partial charge on any atom is -0.310 e. The summed E-state index contributed by atoms with van der Waals surface area (Å²) in [7, 11) is 0. The topological polar surface area (TPSA) is 43.6 Å². The van der Waals surface area contributed by atoms with Crippen molar-refractivity contribution >= 4 is 49.0 Å². The van der Waals surface area contributed by atoms with Crippen LogP contribution in [0.2, 0.25) is 0 Å². The third-order valence-corrected chi connectivity index (χ3v) is 12.8. The summed E-state index contributed by atoms with van der Waals surface area (Å²) in [6, 6.07) is 59.7. The van der Waals surface area contributed by atoms with Gasteiger partial charge < -0.3 is 4.57 Å². The molecule has 10 aromatic rings. The van der Waals surface area contributed by atoms with E-state index < -0.39 is 5.41 Å². The SMILES string of the molecule is C1=CC(n2c3ccccc3c3ccc(-c4nc(-c5ccccc5)nc(-c5ccc6c(c5)C5(c7ccccc7-6)c6cccc7ccc8cccc5c8c67)n4)cc32)=CCC1. The molecule has 0 amide bonds. The van der Waals surface area contributed by atoms with E-state index in [1.807, 2.05) is 18.2 Å². The fourth-order valence-corrected chi connectivity index (χ4v) is 10.4. The molecule has 0 saturated heterocycles. The van der Waals surface area contributed by atoms with Gasteiger partial charge in [-0.2, -0.15) is 0 Å². The predicted octanol–water partition coefficient (Wildman–Crippen LogP) is 13.2. The fraction of sp³-hybridized carbons (Fsp3) is 0.0556. The van der Waals surface area contributed by atoms with E-state index in [4.69, 9.17) is 15.0 Å². The maximum absolute atomic E-state index is 5.35. The van der Waals surface area contributed by atoms with E-state index in [2.05, 4.69) is 168 Å². The number of allylic oxidation sites excluding steroid dienone is 4. The van der Waals surface area contributed by atoms with Crippen molar-refractivity contribution in [2.75, 3.05) is 0 Å². The zero-order valence-electron chi connectivity index (χ0n) is 31.5. The molecular weight excluding hydrogens is 705 g/mol. The molecule has 0 aliphatic heterocycles. The minimum atomic E-state index is -0.469. The number of aromatic nitrogens is 4. The summed E-state index contributed by atoms with van der Waals surface area (Å²) in [4.78, 5) is 15.8. The number of hydrogen-bond donors (Lipinski definition) is 0. The van der Waals surface area contributed by atoms with Gasteiger partial charge in [0.05, 0.1) is 16.4 Å². The average Bonchev–Trinajstić information content (AvgIpc) is 3.91. The molecule has 58 heavy (non-hydrogen) atoms. The van der Waals surface area contributed by atoms with E-state index in [9.17, 15) is 0 Å². The lowest BCUT2D eigenvalue weighted by atomic mass is 9.70. The number of fused-ring (bicyclic) bond motifs is 10. The zero-order valence-corrected chi connectivity index (χ0v) is 31.5. The third-order valence-electron chi connectivity index (χ3n) is 12.8. The van der Waals surface area contributed by atoms with E-state index in [-0.39, 0.29) is 0 Å². The van der Waals surface area contributed by atoms with E-state index in [0.717, 1.165) is 35.0 Å². The molecule has 0 bridgehead atoms. The maximum Gasteiger partial charge on any atom is 0.164 e. The monoisotopic (exact) mass is 738 g/mol. The molecule has 0 radical (unpaired) electrons. The Morgan fingerprint density at radius 1 is 0.431 bits per heavy atom. The minimum absolute atomic E-state index is 0.469. The molecule has 4 heteroatoms. The van der Waals surface area contributed by atoms with Crippen LogP contribution in [0, 0.1) is 0 Å². The van der Waals surface area contributed by atoms with E-state index in [1.165, 1.54) is 76.9 Å². The molecule has 3 aliphatic rings. The maximum atomic E-state index is 5.35. The van der Waals surface area contributed by atoms with Crippen LogP contribution in [0.3, 0.4) is 0 Å². The highest BCUT2D eigenvalue weighted by atomic mass is 15.0. The van der Waals surface area contributed by atoms with Crippen LogP contribution in [0.4, 0.5) is 0 Å². The summed E-state index contributed by atoms with van der Waals surface area (Å²) in [5.74, 6) is 1.96. The van der Waals surface area contributed by atoms with Crippen LogP contribution in [-0.4, -0.2) is 19.5 Å². The van der Waals surface area contributed by atoms with E-state index in [1.54, 1.807) is 0 Å². The van der Waals surface area contributed by atoms with Crippen LogP contribution in [-0.2, 0) is 5.41 Å². The normalized spacial score (nSPS) is 14.6. The average molecular weight is 739 g/mol. The van der Waals surface area contributed by atoms with Crippen LogP contribution < -0.4 is 0 Å². The van der Waals surface area contributed by atoms with Crippen LogP contribution in [0.25, 0.3) is 94.3 Å². The Labute approximate surface area is 335 Å². The molecular formula is C54H34N4. The smallest absolute Gasteiger partial charge is 0.164 e. The van der Waals surface area contributed by atoms with Crippen LogP contribution in [0.5, 0.6) is 0 Å². The second-order valence-corrected chi connectivity index (χ2v) is 15.8. The second kappa shape index (κ2) is 11.8. The third kappa shape index (κ3) is 4.21. The molecule has 3 aliphatic carbocycles. The first-order valence-corrected chi connectivity index (χ1v) is 20.2. The Bertz CT molecular complexity index is 3400. The van der Waals surface area contributed by atoms with Gasteiger partial charge >= 0.3 is 0 Å². The largest absolute Gasteiger partial charge is 0.310 e. The molecule has 0 atom stereocenters. The molecule has 13 rings (SSSR count). The summed E-state index contributed by atoms with van der Waals surface area (Å²) in [5, 5.41) is 7.70. The van der Waals surface area contributed by atoms with Crippen LogP contribution in [0.1, 0.15) is 35.1 Å². The van der Waals surface area contributed by atoms with Gasteiger partial charge in [-0.15, -0.1) is 0 Å². The molecule has 1 spiro atoms. The second-order valence-electron chi connectivity index (χ2n) is 15.8. The number of hydrogen-bond acceptors (Lipinski definition) is 3. The van der Waals surface area contributed by atoms with Crippen molar-refractivity contribution in [2.45, 2.75) is 18.3 Å².